The lowest BCUT2D eigenvalue weighted by atomic mass is 9.95. The maximum absolute atomic E-state index is 12.3. The van der Waals surface area contributed by atoms with Crippen LogP contribution in [0.2, 0.25) is 0 Å². The van der Waals surface area contributed by atoms with Gasteiger partial charge in [-0.05, 0) is 38.5 Å². The fourth-order valence-corrected chi connectivity index (χ4v) is 3.02. The van der Waals surface area contributed by atoms with E-state index in [1.165, 1.54) is 0 Å². The highest BCUT2D eigenvalue weighted by molar-refractivity contribution is 5.80. The maximum Gasteiger partial charge on any atom is 0.317 e. The SMILES string of the molecule is O=C(NC1CC1)N1CCC(C(=O)N2CCCC2)CC1. The van der Waals surface area contributed by atoms with Gasteiger partial charge in [0.25, 0.3) is 0 Å². The molecule has 0 radical (unpaired) electrons. The Hall–Kier alpha value is -1.26. The number of rotatable bonds is 2. The third kappa shape index (κ3) is 3.01. The van der Waals surface area contributed by atoms with Crippen LogP contribution in [0.25, 0.3) is 0 Å². The summed E-state index contributed by atoms with van der Waals surface area (Å²) in [6.45, 7) is 3.31. The van der Waals surface area contributed by atoms with Gasteiger partial charge < -0.3 is 15.1 Å². The Labute approximate surface area is 114 Å². The summed E-state index contributed by atoms with van der Waals surface area (Å²) in [6.07, 6.45) is 6.19. The molecule has 0 atom stereocenters. The van der Waals surface area contributed by atoms with Gasteiger partial charge in [0.2, 0.25) is 5.91 Å². The molecule has 0 bridgehead atoms. The van der Waals surface area contributed by atoms with Crippen molar-refractivity contribution in [2.45, 2.75) is 44.6 Å². The second-order valence-electron chi connectivity index (χ2n) is 6.02. The van der Waals surface area contributed by atoms with E-state index in [4.69, 9.17) is 0 Å². The van der Waals surface area contributed by atoms with E-state index >= 15 is 0 Å². The van der Waals surface area contributed by atoms with Crippen molar-refractivity contribution >= 4 is 11.9 Å². The van der Waals surface area contributed by atoms with E-state index < -0.39 is 0 Å². The van der Waals surface area contributed by atoms with Gasteiger partial charge in [-0.3, -0.25) is 4.79 Å². The van der Waals surface area contributed by atoms with Crippen LogP contribution in [-0.4, -0.2) is 54.0 Å². The summed E-state index contributed by atoms with van der Waals surface area (Å²) in [7, 11) is 0. The van der Waals surface area contributed by atoms with E-state index in [1.807, 2.05) is 9.80 Å². The van der Waals surface area contributed by atoms with Gasteiger partial charge in [-0.1, -0.05) is 0 Å². The highest BCUT2D eigenvalue weighted by Gasteiger charge is 2.32. The van der Waals surface area contributed by atoms with Gasteiger partial charge in [0, 0.05) is 38.1 Å². The van der Waals surface area contributed by atoms with Crippen molar-refractivity contribution in [3.8, 4) is 0 Å². The molecule has 0 aromatic rings. The zero-order valence-corrected chi connectivity index (χ0v) is 11.4. The van der Waals surface area contributed by atoms with Crippen molar-refractivity contribution in [3.05, 3.63) is 0 Å². The first-order valence-electron chi connectivity index (χ1n) is 7.58. The topological polar surface area (TPSA) is 52.7 Å². The van der Waals surface area contributed by atoms with E-state index in [-0.39, 0.29) is 11.9 Å². The minimum absolute atomic E-state index is 0.0644. The smallest absolute Gasteiger partial charge is 0.317 e. The number of urea groups is 1. The molecule has 2 saturated heterocycles. The van der Waals surface area contributed by atoms with E-state index in [2.05, 4.69) is 5.32 Å². The number of hydrogen-bond donors (Lipinski definition) is 1. The van der Waals surface area contributed by atoms with Crippen molar-refractivity contribution in [1.29, 1.82) is 0 Å². The van der Waals surface area contributed by atoms with Crippen molar-refractivity contribution in [3.63, 3.8) is 0 Å². The number of carbonyl (C=O) groups excluding carboxylic acids is 2. The maximum atomic E-state index is 12.3. The molecule has 0 spiro atoms. The molecule has 3 fully saturated rings. The van der Waals surface area contributed by atoms with Gasteiger partial charge in [0.1, 0.15) is 0 Å². The molecule has 1 N–H and O–H groups in total. The lowest BCUT2D eigenvalue weighted by molar-refractivity contribution is -0.135. The Morgan fingerprint density at radius 3 is 2.05 bits per heavy atom. The zero-order chi connectivity index (χ0) is 13.2. The van der Waals surface area contributed by atoms with Gasteiger partial charge in [-0.2, -0.15) is 0 Å². The van der Waals surface area contributed by atoms with Crippen LogP contribution in [0.4, 0.5) is 4.79 Å². The van der Waals surface area contributed by atoms with Crippen LogP contribution in [0.1, 0.15) is 38.5 Å². The van der Waals surface area contributed by atoms with E-state index in [0.29, 0.717) is 11.9 Å². The minimum atomic E-state index is 0.0644. The number of nitrogens with one attached hydrogen (secondary N) is 1. The predicted octanol–water partition coefficient (Wildman–Crippen LogP) is 1.19. The molecule has 3 amide bonds. The van der Waals surface area contributed by atoms with Gasteiger partial charge in [0.05, 0.1) is 0 Å². The fourth-order valence-electron chi connectivity index (χ4n) is 3.02. The molecule has 3 rings (SSSR count). The second-order valence-corrected chi connectivity index (χ2v) is 6.02. The molecule has 1 aliphatic carbocycles. The molecule has 5 heteroatoms. The molecular weight excluding hydrogens is 242 g/mol. The average Bonchev–Trinajstić information content (AvgIpc) is 3.08. The summed E-state index contributed by atoms with van der Waals surface area (Å²) in [4.78, 5) is 28.0. The van der Waals surface area contributed by atoms with Crippen LogP contribution < -0.4 is 5.32 Å². The largest absolute Gasteiger partial charge is 0.342 e. The lowest BCUT2D eigenvalue weighted by Crippen LogP contribution is -2.47. The Morgan fingerprint density at radius 2 is 1.47 bits per heavy atom. The molecule has 106 valence electrons. The number of piperidine rings is 1. The van der Waals surface area contributed by atoms with Crippen molar-refractivity contribution < 1.29 is 9.59 Å². The molecule has 5 nitrogen and oxygen atoms in total. The van der Waals surface area contributed by atoms with Gasteiger partial charge in [-0.25, -0.2) is 4.79 Å². The normalized spacial score (nSPS) is 24.6. The van der Waals surface area contributed by atoms with Gasteiger partial charge in [0.15, 0.2) is 0 Å². The van der Waals surface area contributed by atoms with Crippen LogP contribution in [0, 0.1) is 5.92 Å². The van der Waals surface area contributed by atoms with Crippen molar-refractivity contribution in [1.82, 2.24) is 15.1 Å². The Bertz CT molecular complexity index is 354. The first kappa shape index (κ1) is 12.8. The number of nitrogens with zero attached hydrogens (tertiary/aromatic N) is 2. The van der Waals surface area contributed by atoms with Gasteiger partial charge >= 0.3 is 6.03 Å². The average molecular weight is 265 g/mol. The molecule has 0 aromatic heterocycles. The third-order valence-corrected chi connectivity index (χ3v) is 4.45. The van der Waals surface area contributed by atoms with Crippen LogP contribution in [0.3, 0.4) is 0 Å². The highest BCUT2D eigenvalue weighted by atomic mass is 16.2. The summed E-state index contributed by atoms with van der Waals surface area (Å²) in [6, 6.07) is 0.478. The molecule has 1 saturated carbocycles. The van der Waals surface area contributed by atoms with Crippen molar-refractivity contribution in [2.24, 2.45) is 5.92 Å². The molecule has 19 heavy (non-hydrogen) atoms. The first-order valence-corrected chi connectivity index (χ1v) is 7.58. The number of amides is 3. The number of carbonyl (C=O) groups is 2. The zero-order valence-electron chi connectivity index (χ0n) is 11.4. The van der Waals surface area contributed by atoms with Crippen LogP contribution >= 0.6 is 0 Å². The summed E-state index contributed by atoms with van der Waals surface area (Å²) >= 11 is 0. The molecule has 0 aromatic carbocycles. The first-order chi connectivity index (χ1) is 9.24. The Kier molecular flexibility index (Phi) is 3.62. The minimum Gasteiger partial charge on any atom is -0.342 e. The monoisotopic (exact) mass is 265 g/mol. The van der Waals surface area contributed by atoms with Crippen LogP contribution in [0.15, 0.2) is 0 Å². The fraction of sp³-hybridized carbons (Fsp3) is 0.857. The van der Waals surface area contributed by atoms with E-state index in [0.717, 1.165) is 64.7 Å². The summed E-state index contributed by atoms with van der Waals surface area (Å²) in [5.41, 5.74) is 0. The van der Waals surface area contributed by atoms with Gasteiger partial charge in [-0.15, -0.1) is 0 Å². The summed E-state index contributed by atoms with van der Waals surface area (Å²) in [5, 5.41) is 3.01. The summed E-state index contributed by atoms with van der Waals surface area (Å²) < 4.78 is 0. The van der Waals surface area contributed by atoms with E-state index in [9.17, 15) is 9.59 Å². The van der Waals surface area contributed by atoms with E-state index in [1.54, 1.807) is 0 Å². The van der Waals surface area contributed by atoms with Crippen LogP contribution in [0.5, 0.6) is 0 Å². The Balaban J connectivity index is 1.45. The quantitative estimate of drug-likeness (QED) is 0.815. The molecular formula is C14H23N3O2. The molecule has 3 aliphatic rings. The molecule has 0 unspecified atom stereocenters. The number of likely N-dealkylation sites (tertiary alicyclic amines) is 2. The predicted molar refractivity (Wildman–Crippen MR) is 71.7 cm³/mol. The van der Waals surface area contributed by atoms with Crippen LogP contribution in [-0.2, 0) is 4.79 Å². The summed E-state index contributed by atoms with van der Waals surface area (Å²) in [5.74, 6) is 0.461. The third-order valence-electron chi connectivity index (χ3n) is 4.45. The number of hydrogen-bond acceptors (Lipinski definition) is 2. The second kappa shape index (κ2) is 5.39. The van der Waals surface area contributed by atoms with Crippen molar-refractivity contribution in [2.75, 3.05) is 26.2 Å². The molecule has 2 heterocycles. The Morgan fingerprint density at radius 1 is 0.842 bits per heavy atom. The molecule has 2 aliphatic heterocycles. The highest BCUT2D eigenvalue weighted by Crippen LogP contribution is 2.23. The standard InChI is InChI=1S/C14H23N3O2/c18-13(16-7-1-2-8-16)11-5-9-17(10-6-11)14(19)15-12-3-4-12/h11-12H,1-10H2,(H,15,19). The lowest BCUT2D eigenvalue weighted by Gasteiger charge is -2.33.